The molecule has 0 aliphatic heterocycles. The first-order chi connectivity index (χ1) is 10.0. The monoisotopic (exact) mass is 287 g/mol. The van der Waals surface area contributed by atoms with Gasteiger partial charge in [-0.25, -0.2) is 4.79 Å². The first-order valence-electron chi connectivity index (χ1n) is 6.09. The zero-order valence-electron chi connectivity index (χ0n) is 11.5. The van der Waals surface area contributed by atoms with Crippen molar-refractivity contribution in [1.82, 2.24) is 15.5 Å². The van der Waals surface area contributed by atoms with Crippen molar-refractivity contribution in [3.05, 3.63) is 47.2 Å². The van der Waals surface area contributed by atoms with E-state index >= 15 is 0 Å². The lowest BCUT2D eigenvalue weighted by Crippen LogP contribution is -2.19. The minimum Gasteiger partial charge on any atom is -0.478 e. The van der Waals surface area contributed by atoms with Crippen LogP contribution in [0.1, 0.15) is 26.4 Å². The van der Waals surface area contributed by atoms with Gasteiger partial charge in [0.25, 0.3) is 5.91 Å². The first kappa shape index (κ1) is 14.4. The normalized spacial score (nSPS) is 10.0. The Morgan fingerprint density at radius 1 is 1.19 bits per heavy atom. The summed E-state index contributed by atoms with van der Waals surface area (Å²) in [6.07, 6.45) is 0. The summed E-state index contributed by atoms with van der Waals surface area (Å²) in [4.78, 5) is 22.5. The van der Waals surface area contributed by atoms with Crippen LogP contribution in [-0.2, 0) is 0 Å². The maximum atomic E-state index is 11.3. The van der Waals surface area contributed by atoms with E-state index in [9.17, 15) is 9.59 Å². The SMILES string of the molecule is CNC(=O)c1ccc(Oc2c(C)cccc2C(=O)O)nn1. The largest absolute Gasteiger partial charge is 0.478 e. The molecule has 0 aliphatic carbocycles. The maximum Gasteiger partial charge on any atom is 0.339 e. The second kappa shape index (κ2) is 6.00. The fourth-order valence-corrected chi connectivity index (χ4v) is 1.68. The van der Waals surface area contributed by atoms with E-state index in [2.05, 4.69) is 15.5 Å². The molecule has 2 N–H and O–H groups in total. The molecule has 1 aromatic carbocycles. The number of nitrogens with zero attached hydrogens (tertiary/aromatic N) is 2. The zero-order valence-corrected chi connectivity index (χ0v) is 11.5. The van der Waals surface area contributed by atoms with Gasteiger partial charge >= 0.3 is 5.97 Å². The van der Waals surface area contributed by atoms with Gasteiger partial charge < -0.3 is 15.2 Å². The molecule has 7 nitrogen and oxygen atoms in total. The van der Waals surface area contributed by atoms with Crippen LogP contribution in [0.5, 0.6) is 11.6 Å². The summed E-state index contributed by atoms with van der Waals surface area (Å²) < 4.78 is 5.48. The summed E-state index contributed by atoms with van der Waals surface area (Å²) in [5.74, 6) is -1.15. The van der Waals surface area contributed by atoms with Gasteiger partial charge in [0.1, 0.15) is 11.3 Å². The molecule has 0 bridgehead atoms. The van der Waals surface area contributed by atoms with E-state index in [4.69, 9.17) is 9.84 Å². The van der Waals surface area contributed by atoms with Crippen molar-refractivity contribution in [2.45, 2.75) is 6.92 Å². The van der Waals surface area contributed by atoms with Crippen molar-refractivity contribution in [3.63, 3.8) is 0 Å². The van der Waals surface area contributed by atoms with Crippen LogP contribution in [0.4, 0.5) is 0 Å². The van der Waals surface area contributed by atoms with E-state index in [-0.39, 0.29) is 28.8 Å². The fraction of sp³-hybridized carbons (Fsp3) is 0.143. The van der Waals surface area contributed by atoms with Crippen molar-refractivity contribution in [3.8, 4) is 11.6 Å². The van der Waals surface area contributed by atoms with E-state index in [1.807, 2.05) is 0 Å². The van der Waals surface area contributed by atoms with Crippen LogP contribution in [0.2, 0.25) is 0 Å². The first-order valence-corrected chi connectivity index (χ1v) is 6.09. The van der Waals surface area contributed by atoms with E-state index in [0.29, 0.717) is 5.56 Å². The molecule has 0 aliphatic rings. The minimum atomic E-state index is -1.09. The average molecular weight is 287 g/mol. The van der Waals surface area contributed by atoms with Gasteiger partial charge in [0, 0.05) is 13.1 Å². The minimum absolute atomic E-state index is 0.0344. The molecular formula is C14H13N3O4. The van der Waals surface area contributed by atoms with Gasteiger partial charge in [-0.2, -0.15) is 0 Å². The van der Waals surface area contributed by atoms with Crippen LogP contribution in [0, 0.1) is 6.92 Å². The molecule has 21 heavy (non-hydrogen) atoms. The highest BCUT2D eigenvalue weighted by atomic mass is 16.5. The van der Waals surface area contributed by atoms with E-state index in [0.717, 1.165) is 0 Å². The van der Waals surface area contributed by atoms with Crippen molar-refractivity contribution in [2.75, 3.05) is 7.05 Å². The Labute approximate surface area is 120 Å². The molecule has 1 aromatic heterocycles. The third-order valence-electron chi connectivity index (χ3n) is 2.75. The summed E-state index contributed by atoms with van der Waals surface area (Å²) >= 11 is 0. The van der Waals surface area contributed by atoms with Crippen molar-refractivity contribution >= 4 is 11.9 Å². The number of aromatic carboxylic acids is 1. The number of nitrogens with one attached hydrogen (secondary N) is 1. The van der Waals surface area contributed by atoms with Gasteiger partial charge in [-0.05, 0) is 24.6 Å². The Bertz CT molecular complexity index is 683. The van der Waals surface area contributed by atoms with Crippen LogP contribution in [0.3, 0.4) is 0 Å². The van der Waals surface area contributed by atoms with Gasteiger partial charge in [0.05, 0.1) is 0 Å². The fourth-order valence-electron chi connectivity index (χ4n) is 1.68. The third kappa shape index (κ3) is 3.14. The number of amides is 1. The molecule has 0 saturated carbocycles. The number of aryl methyl sites for hydroxylation is 1. The predicted octanol–water partition coefficient (Wildman–Crippen LogP) is 1.64. The molecule has 0 fully saturated rings. The molecule has 0 spiro atoms. The van der Waals surface area contributed by atoms with Crippen LogP contribution < -0.4 is 10.1 Å². The number of aromatic nitrogens is 2. The topological polar surface area (TPSA) is 101 Å². The van der Waals surface area contributed by atoms with Gasteiger partial charge in [-0.15, -0.1) is 10.2 Å². The van der Waals surface area contributed by atoms with Crippen LogP contribution in [-0.4, -0.2) is 34.2 Å². The molecule has 7 heteroatoms. The molecule has 0 saturated heterocycles. The molecule has 1 amide bonds. The van der Waals surface area contributed by atoms with Crippen molar-refractivity contribution in [2.24, 2.45) is 0 Å². The number of hydrogen-bond acceptors (Lipinski definition) is 5. The Kier molecular flexibility index (Phi) is 4.13. The summed E-state index contributed by atoms with van der Waals surface area (Å²) in [5, 5.41) is 19.0. The molecule has 1 heterocycles. The van der Waals surface area contributed by atoms with Gasteiger partial charge in [-0.3, -0.25) is 4.79 Å². The van der Waals surface area contributed by atoms with E-state index < -0.39 is 5.97 Å². The molecule has 2 aromatic rings. The number of carboxylic acid groups (broad SMARTS) is 1. The van der Waals surface area contributed by atoms with Gasteiger partial charge in [0.15, 0.2) is 5.69 Å². The molecular weight excluding hydrogens is 274 g/mol. The number of carboxylic acids is 1. The lowest BCUT2D eigenvalue weighted by Gasteiger charge is -2.10. The molecule has 0 radical (unpaired) electrons. The van der Waals surface area contributed by atoms with Gasteiger partial charge in [-0.1, -0.05) is 12.1 Å². The van der Waals surface area contributed by atoms with E-state index in [1.165, 1.54) is 25.2 Å². The highest BCUT2D eigenvalue weighted by Gasteiger charge is 2.15. The number of carbonyl (C=O) groups excluding carboxylic acids is 1. The standard InChI is InChI=1S/C14H13N3O4/c1-8-4-3-5-9(14(19)20)12(8)21-11-7-6-10(16-17-11)13(18)15-2/h3-7H,1-2H3,(H,15,18)(H,19,20). The Hall–Kier alpha value is -2.96. The quantitative estimate of drug-likeness (QED) is 0.886. The molecule has 2 rings (SSSR count). The summed E-state index contributed by atoms with van der Waals surface area (Å²) in [6.45, 7) is 1.73. The summed E-state index contributed by atoms with van der Waals surface area (Å²) in [5.41, 5.74) is 0.840. The van der Waals surface area contributed by atoms with Crippen molar-refractivity contribution in [1.29, 1.82) is 0 Å². The lowest BCUT2D eigenvalue weighted by atomic mass is 10.1. The van der Waals surface area contributed by atoms with Crippen LogP contribution in [0.25, 0.3) is 0 Å². The number of carbonyl (C=O) groups is 2. The zero-order chi connectivity index (χ0) is 15.4. The Morgan fingerprint density at radius 3 is 2.52 bits per heavy atom. The number of para-hydroxylation sites is 1. The number of hydrogen-bond donors (Lipinski definition) is 2. The van der Waals surface area contributed by atoms with Gasteiger partial charge in [0.2, 0.25) is 5.88 Å². The van der Waals surface area contributed by atoms with Crippen LogP contribution in [0.15, 0.2) is 30.3 Å². The molecule has 0 atom stereocenters. The Morgan fingerprint density at radius 2 is 1.95 bits per heavy atom. The number of ether oxygens (including phenoxy) is 1. The average Bonchev–Trinajstić information content (AvgIpc) is 2.49. The second-order valence-electron chi connectivity index (χ2n) is 4.19. The van der Waals surface area contributed by atoms with E-state index in [1.54, 1.807) is 19.1 Å². The second-order valence-corrected chi connectivity index (χ2v) is 4.19. The molecule has 0 unspecified atom stereocenters. The summed E-state index contributed by atoms with van der Waals surface area (Å²) in [7, 11) is 1.49. The number of rotatable bonds is 4. The van der Waals surface area contributed by atoms with Crippen molar-refractivity contribution < 1.29 is 19.4 Å². The maximum absolute atomic E-state index is 11.3. The summed E-state index contributed by atoms with van der Waals surface area (Å²) in [6, 6.07) is 7.70. The smallest absolute Gasteiger partial charge is 0.339 e. The Balaban J connectivity index is 2.30. The predicted molar refractivity (Wildman–Crippen MR) is 73.6 cm³/mol. The third-order valence-corrected chi connectivity index (χ3v) is 2.75. The highest BCUT2D eigenvalue weighted by Crippen LogP contribution is 2.27. The van der Waals surface area contributed by atoms with Crippen LogP contribution >= 0.6 is 0 Å². The highest BCUT2D eigenvalue weighted by molar-refractivity contribution is 5.92. The molecule has 108 valence electrons. The number of benzene rings is 1. The lowest BCUT2D eigenvalue weighted by molar-refractivity contribution is 0.0693.